The molecular formula is C63H77N7O16. The number of phenolic OH excluding ortho intramolecular Hbond substituents is 4. The zero-order valence-corrected chi connectivity index (χ0v) is 47.7. The van der Waals surface area contributed by atoms with Gasteiger partial charge in [0.2, 0.25) is 5.75 Å². The lowest BCUT2D eigenvalue weighted by Crippen LogP contribution is -2.67. The highest BCUT2D eigenvalue weighted by molar-refractivity contribution is 6.13. The van der Waals surface area contributed by atoms with E-state index in [0.29, 0.717) is 86.8 Å². The third-order valence-electron chi connectivity index (χ3n) is 18.4. The van der Waals surface area contributed by atoms with Crippen molar-refractivity contribution in [2.75, 3.05) is 38.3 Å². The number of carboxylic acids is 1. The maximum absolute atomic E-state index is 15.7. The zero-order chi connectivity index (χ0) is 61.2. The molecule has 3 heterocycles. The first-order valence-corrected chi connectivity index (χ1v) is 29.3. The van der Waals surface area contributed by atoms with Gasteiger partial charge < -0.3 is 92.1 Å². The summed E-state index contributed by atoms with van der Waals surface area (Å²) in [7, 11) is 1.82. The number of nitrogens with one attached hydrogen (secondary N) is 3. The number of amides is 1. The van der Waals surface area contributed by atoms with Crippen LogP contribution < -0.4 is 26.0 Å². The monoisotopic (exact) mass is 1190 g/mol. The largest absolute Gasteiger partial charge is 0.508 e. The fourth-order valence-electron chi connectivity index (χ4n) is 14.5. The van der Waals surface area contributed by atoms with Crippen molar-refractivity contribution in [1.82, 2.24) is 20.6 Å². The van der Waals surface area contributed by atoms with E-state index in [1.165, 1.54) is 24.3 Å². The number of allylic oxidation sites excluding steroid dienone is 1. The van der Waals surface area contributed by atoms with Crippen molar-refractivity contribution in [3.8, 4) is 28.7 Å². The number of hydrogen-bond acceptors (Lipinski definition) is 18. The number of phenols is 4. The molecule has 86 heavy (non-hydrogen) atoms. The number of ether oxygens (including phenoxy) is 2. The number of aromatic amines is 1. The van der Waals surface area contributed by atoms with Crippen molar-refractivity contribution in [1.29, 1.82) is 0 Å². The highest BCUT2D eigenvalue weighted by atomic mass is 16.8. The predicted octanol–water partition coefficient (Wildman–Crippen LogP) is 2.93. The molecule has 23 nitrogen and oxygen atoms in total. The quantitative estimate of drug-likeness (QED) is 0.00901. The smallest absolute Gasteiger partial charge is 0.355 e. The van der Waals surface area contributed by atoms with Gasteiger partial charge in [-0.25, -0.2) is 14.8 Å². The fraction of sp³-hybridized carbons (Fsp3) is 0.460. The number of aliphatic carboxylic acids is 1. The summed E-state index contributed by atoms with van der Waals surface area (Å²) < 4.78 is 11.1. The number of aliphatic hydroxyl groups is 7. The fourth-order valence-corrected chi connectivity index (χ4v) is 14.5. The number of carboxylic acid groups (broad SMARTS) is 1. The molecule has 1 saturated heterocycles. The summed E-state index contributed by atoms with van der Waals surface area (Å²) in [5.41, 5.74) is 6.73. The molecule has 1 amide bonds. The highest BCUT2D eigenvalue weighted by Crippen LogP contribution is 2.72. The minimum absolute atomic E-state index is 0.0217. The number of likely N-dealkylation sites (N-methyl/N-ethyl adjacent to an activating group) is 1. The Hall–Kier alpha value is -7.58. The van der Waals surface area contributed by atoms with Crippen LogP contribution in [-0.4, -0.2) is 164 Å². The molecule has 4 aromatic carbocycles. The van der Waals surface area contributed by atoms with Crippen LogP contribution in [0.2, 0.25) is 0 Å². The lowest BCUT2D eigenvalue weighted by atomic mass is 9.45. The number of anilines is 1. The first-order chi connectivity index (χ1) is 41.3. The number of rotatable bonds is 22. The standard InChI is InChI=1S/C63H77N7O16/c1-65-25-23-42-43(69-33-68-42)27-38-26-34(15-21-45(38)74)16-22-49(76)70-44-28-47(85-63(84)58(81)57(80)55(78)48(32-72)86-63)54(77)56(79)50(44)53-52(62-39(11-6-12-40(62)31-71)19-17-36-10-5-14-46(75)51(36)62)37(29-61(53,70)59(82)83)18-20-41(73)13-7-24-66-60(64)67-30-35-8-3-2-4-9-35/h2-5,8-10,14-16,21-22,26,28-29,33,39-41,48,52-53,55,57-58,65,71-75,77-81,84H,6-7,11-13,17-20,23-25,27,30-32H2,1H3,(H,68,69)(H,82,83)(H3,64,66,67)/b22-16+/t39-,40-,41-,48-,52-,53+,55-,57+,58-,61-,62+,63+/m1/s1. The Morgan fingerprint density at radius 2 is 1.72 bits per heavy atom. The van der Waals surface area contributed by atoms with E-state index in [-0.39, 0.29) is 60.3 Å². The summed E-state index contributed by atoms with van der Waals surface area (Å²) in [6.07, 6.45) is 0.568. The Balaban J connectivity index is 1.10. The number of aliphatic imine (C=N–C) groups is 1. The third kappa shape index (κ3) is 11.2. The Labute approximate surface area is 496 Å². The second-order valence-corrected chi connectivity index (χ2v) is 23.3. The molecule has 1 saturated carbocycles. The predicted molar refractivity (Wildman–Crippen MR) is 314 cm³/mol. The molecule has 0 bridgehead atoms. The Morgan fingerprint density at radius 3 is 2.47 bits per heavy atom. The maximum Gasteiger partial charge on any atom is 0.355 e. The molecule has 10 rings (SSSR count). The second-order valence-electron chi connectivity index (χ2n) is 23.3. The van der Waals surface area contributed by atoms with Crippen LogP contribution in [0.5, 0.6) is 28.7 Å². The van der Waals surface area contributed by atoms with Crippen molar-refractivity contribution >= 4 is 29.6 Å². The molecule has 3 aliphatic carbocycles. The molecule has 0 radical (unpaired) electrons. The number of aromatic hydroxyl groups is 4. The normalized spacial score (nSPS) is 28.1. The molecule has 2 aliphatic heterocycles. The lowest BCUT2D eigenvalue weighted by molar-refractivity contribution is -0.422. The molecule has 23 heteroatoms. The first-order valence-electron chi connectivity index (χ1n) is 29.3. The number of hydrogen-bond donors (Lipinski definition) is 16. The number of carbonyl (C=O) groups is 2. The Kier molecular flexibility index (Phi) is 18.2. The number of nitrogens with zero attached hydrogens (tertiary/aromatic N) is 3. The van der Waals surface area contributed by atoms with Gasteiger partial charge in [0, 0.05) is 84.3 Å². The van der Waals surface area contributed by atoms with E-state index in [9.17, 15) is 61.3 Å². The van der Waals surface area contributed by atoms with E-state index in [1.54, 1.807) is 24.5 Å². The number of aryl methyl sites for hydroxylation is 1. The number of carbonyl (C=O) groups excluding carboxylic acids is 1. The summed E-state index contributed by atoms with van der Waals surface area (Å²) >= 11 is 0. The van der Waals surface area contributed by atoms with Crippen LogP contribution in [0.3, 0.4) is 0 Å². The number of benzene rings is 4. The minimum Gasteiger partial charge on any atom is -0.508 e. The van der Waals surface area contributed by atoms with Gasteiger partial charge in [-0.1, -0.05) is 60.5 Å². The van der Waals surface area contributed by atoms with Gasteiger partial charge in [0.1, 0.15) is 29.8 Å². The summed E-state index contributed by atoms with van der Waals surface area (Å²) in [5.74, 6) is -12.6. The van der Waals surface area contributed by atoms with Crippen molar-refractivity contribution in [2.24, 2.45) is 28.5 Å². The number of H-pyrrole nitrogens is 1. The van der Waals surface area contributed by atoms with E-state index < -0.39 is 108 Å². The Bertz CT molecular complexity index is 3370. The van der Waals surface area contributed by atoms with E-state index >= 15 is 9.59 Å². The van der Waals surface area contributed by atoms with E-state index in [4.69, 9.17) is 15.2 Å². The van der Waals surface area contributed by atoms with E-state index in [0.717, 1.165) is 39.6 Å². The molecule has 17 N–H and O–H groups in total. The van der Waals surface area contributed by atoms with Gasteiger partial charge >= 0.3 is 11.9 Å². The average molecular weight is 1190 g/mol. The van der Waals surface area contributed by atoms with E-state index in [1.807, 2.05) is 43.4 Å². The topological polar surface area (TPSA) is 390 Å². The van der Waals surface area contributed by atoms with Gasteiger partial charge in [-0.05, 0) is 117 Å². The number of nitrogens with two attached hydrogens (primary N) is 1. The molecule has 12 atom stereocenters. The Morgan fingerprint density at radius 1 is 0.930 bits per heavy atom. The summed E-state index contributed by atoms with van der Waals surface area (Å²) in [6, 6.07) is 20.3. The van der Waals surface area contributed by atoms with Crippen LogP contribution in [0.1, 0.15) is 102 Å². The second kappa shape index (κ2) is 25.4. The number of aromatic nitrogens is 2. The summed E-state index contributed by atoms with van der Waals surface area (Å²) in [4.78, 5) is 43.7. The number of aliphatic hydroxyl groups excluding tert-OH is 6. The molecule has 0 unspecified atom stereocenters. The number of imidazole rings is 1. The van der Waals surface area contributed by atoms with Crippen LogP contribution in [0.15, 0.2) is 102 Å². The third-order valence-corrected chi connectivity index (χ3v) is 18.4. The van der Waals surface area contributed by atoms with Crippen molar-refractivity contribution in [3.63, 3.8) is 0 Å². The van der Waals surface area contributed by atoms with Gasteiger partial charge in [-0.15, -0.1) is 0 Å². The summed E-state index contributed by atoms with van der Waals surface area (Å²) in [5, 5.41) is 145. The number of fused-ring (bicyclic) bond motifs is 6. The number of guanidine groups is 1. The molecule has 2 fully saturated rings. The van der Waals surface area contributed by atoms with Gasteiger partial charge in [-0.2, -0.15) is 0 Å². The van der Waals surface area contributed by atoms with Crippen LogP contribution in [0.4, 0.5) is 5.69 Å². The molecule has 0 spiro atoms. The highest BCUT2D eigenvalue weighted by Gasteiger charge is 2.72. The molecule has 460 valence electrons. The lowest BCUT2D eigenvalue weighted by Gasteiger charge is -2.58. The van der Waals surface area contributed by atoms with Crippen molar-refractivity contribution < 1.29 is 80.3 Å². The van der Waals surface area contributed by atoms with Crippen molar-refractivity contribution in [3.05, 3.63) is 142 Å². The average Bonchev–Trinajstić information content (AvgIpc) is 1.46. The summed E-state index contributed by atoms with van der Waals surface area (Å²) in [6.45, 7) is -0.0398. The van der Waals surface area contributed by atoms with Gasteiger partial charge in [0.05, 0.1) is 37.0 Å². The molecule has 5 aromatic rings. The zero-order valence-electron chi connectivity index (χ0n) is 47.7. The van der Waals surface area contributed by atoms with Crippen LogP contribution in [0.25, 0.3) is 6.08 Å². The van der Waals surface area contributed by atoms with Crippen LogP contribution in [-0.2, 0) is 45.5 Å². The van der Waals surface area contributed by atoms with Crippen molar-refractivity contribution in [2.45, 2.75) is 131 Å². The maximum atomic E-state index is 15.7. The van der Waals surface area contributed by atoms with Gasteiger partial charge in [-0.3, -0.25) is 9.69 Å². The SMILES string of the molecule is CNCCc1nc[nH]c1Cc1cc(/C=C/C(=O)N2c3cc(O[C@]4(O)O[C@H](CO)[C@@H](O)[C@H](O)[C@H]4O)c(O)c(O)c3[C@H]3[C@H]([C@@]45c6c(O)cccc6CC[C@H]4CCC[C@@H]5CO)C(CC[C@H](O)CCCNC(N)=NCc4ccccc4)=C[C@]32C(=O)O)ccc1O. The minimum atomic E-state index is -3.36. The van der Waals surface area contributed by atoms with E-state index in [2.05, 4.69) is 25.6 Å². The van der Waals surface area contributed by atoms with Crippen LogP contribution in [0, 0.1) is 17.8 Å². The molecular weight excluding hydrogens is 1110 g/mol. The van der Waals surface area contributed by atoms with Gasteiger partial charge in [0.15, 0.2) is 29.1 Å². The van der Waals surface area contributed by atoms with Crippen LogP contribution >= 0.6 is 0 Å². The molecule has 1 aromatic heterocycles. The van der Waals surface area contributed by atoms with Gasteiger partial charge in [0.25, 0.3) is 5.91 Å². The molecule has 5 aliphatic rings. The first kappa shape index (κ1) is 61.5.